The van der Waals surface area contributed by atoms with Crippen LogP contribution < -0.4 is 0 Å². The molecule has 0 aliphatic carbocycles. The van der Waals surface area contributed by atoms with Gasteiger partial charge in [-0.05, 0) is 20.8 Å². The van der Waals surface area contributed by atoms with Gasteiger partial charge in [0.15, 0.2) is 0 Å². The van der Waals surface area contributed by atoms with Crippen molar-refractivity contribution in [2.45, 2.75) is 32.5 Å². The molecule has 0 unspecified atom stereocenters. The lowest BCUT2D eigenvalue weighted by atomic mass is 10.2. The quantitative estimate of drug-likeness (QED) is 0.491. The Labute approximate surface area is 77.8 Å². The van der Waals surface area contributed by atoms with E-state index in [1.165, 1.54) is 0 Å². The number of aliphatic hydroxyl groups is 1. The number of nitrogens with zero attached hydrogens (tertiary/aromatic N) is 2. The maximum Gasteiger partial charge on any atom is 0.249 e. The van der Waals surface area contributed by atoms with Crippen LogP contribution in [0, 0.1) is 0 Å². The maximum absolute atomic E-state index is 10.6. The van der Waals surface area contributed by atoms with Gasteiger partial charge in [-0.3, -0.25) is 4.79 Å². The lowest BCUT2D eigenvalue weighted by Crippen LogP contribution is -2.59. The summed E-state index contributed by atoms with van der Waals surface area (Å²) in [5, 5.41) is 11.8. The zero-order chi connectivity index (χ0) is 10.1. The van der Waals surface area contributed by atoms with Crippen molar-refractivity contribution >= 4 is 6.41 Å². The van der Waals surface area contributed by atoms with Crippen molar-refractivity contribution in [2.75, 3.05) is 13.1 Å². The van der Waals surface area contributed by atoms with E-state index in [1.807, 2.05) is 20.8 Å². The first-order valence-electron chi connectivity index (χ1n) is 4.29. The van der Waals surface area contributed by atoms with Crippen molar-refractivity contribution < 1.29 is 14.7 Å². The van der Waals surface area contributed by atoms with Gasteiger partial charge in [-0.2, -0.15) is 5.01 Å². The van der Waals surface area contributed by atoms with Crippen molar-refractivity contribution in [2.24, 2.45) is 0 Å². The molecule has 1 saturated heterocycles. The molecule has 1 aliphatic rings. The van der Waals surface area contributed by atoms with E-state index >= 15 is 0 Å². The Morgan fingerprint density at radius 2 is 2.08 bits per heavy atom. The van der Waals surface area contributed by atoms with Gasteiger partial charge in [-0.15, -0.1) is 5.17 Å². The molecule has 76 valence electrons. The summed E-state index contributed by atoms with van der Waals surface area (Å²) in [5.41, 5.74) is -0.401. The standard InChI is InChI=1S/C8H16N2O3/c1-8(2,3)13-10(6-11)9-4-7(12)5-9/h6-7,12H,4-5H2,1-3H3. The molecular weight excluding hydrogens is 172 g/mol. The summed E-state index contributed by atoms with van der Waals surface area (Å²) in [6.45, 7) is 6.49. The second-order valence-electron chi connectivity index (χ2n) is 4.14. The van der Waals surface area contributed by atoms with Crippen LogP contribution in [0.5, 0.6) is 0 Å². The van der Waals surface area contributed by atoms with E-state index in [4.69, 9.17) is 9.94 Å². The van der Waals surface area contributed by atoms with Crippen LogP contribution in [0.1, 0.15) is 20.8 Å². The lowest BCUT2D eigenvalue weighted by molar-refractivity contribution is -0.326. The maximum atomic E-state index is 10.6. The first-order chi connectivity index (χ1) is 5.92. The van der Waals surface area contributed by atoms with Crippen molar-refractivity contribution in [3.63, 3.8) is 0 Å². The fourth-order valence-corrected chi connectivity index (χ4v) is 1.02. The van der Waals surface area contributed by atoms with Crippen molar-refractivity contribution in [1.82, 2.24) is 10.2 Å². The van der Waals surface area contributed by atoms with E-state index in [9.17, 15) is 4.79 Å². The summed E-state index contributed by atoms with van der Waals surface area (Å²) in [5.74, 6) is 0. The molecule has 1 fully saturated rings. The van der Waals surface area contributed by atoms with Gasteiger partial charge in [0.1, 0.15) is 0 Å². The molecule has 5 nitrogen and oxygen atoms in total. The predicted octanol–water partition coefficient (Wildman–Crippen LogP) is -0.234. The van der Waals surface area contributed by atoms with E-state index in [2.05, 4.69) is 0 Å². The lowest BCUT2D eigenvalue weighted by Gasteiger charge is -2.42. The predicted molar refractivity (Wildman–Crippen MR) is 46.3 cm³/mol. The number of β-amino-alcohol motifs (C(OH)–C–C–N with tert-alkyl or cyclic N) is 1. The molecule has 1 aliphatic heterocycles. The number of hydrogen-bond donors (Lipinski definition) is 1. The number of hydroxylamine groups is 1. The zero-order valence-corrected chi connectivity index (χ0v) is 8.23. The highest BCUT2D eigenvalue weighted by atomic mass is 16.7. The highest BCUT2D eigenvalue weighted by molar-refractivity contribution is 5.44. The number of amides is 1. The Hall–Kier alpha value is -0.650. The summed E-state index contributed by atoms with van der Waals surface area (Å²) in [4.78, 5) is 15.9. The van der Waals surface area contributed by atoms with E-state index < -0.39 is 5.60 Å². The zero-order valence-electron chi connectivity index (χ0n) is 8.23. The number of rotatable bonds is 3. The Morgan fingerprint density at radius 3 is 2.38 bits per heavy atom. The molecule has 0 aromatic rings. The molecule has 0 bridgehead atoms. The molecule has 0 atom stereocenters. The first-order valence-corrected chi connectivity index (χ1v) is 4.29. The molecule has 0 radical (unpaired) electrons. The van der Waals surface area contributed by atoms with Crippen molar-refractivity contribution in [1.29, 1.82) is 0 Å². The van der Waals surface area contributed by atoms with Crippen LogP contribution in [0.2, 0.25) is 0 Å². The molecule has 1 rings (SSSR count). The van der Waals surface area contributed by atoms with Crippen molar-refractivity contribution in [3.05, 3.63) is 0 Å². The molecule has 1 heterocycles. The summed E-state index contributed by atoms with van der Waals surface area (Å²) < 4.78 is 0. The minimum Gasteiger partial charge on any atom is -0.390 e. The van der Waals surface area contributed by atoms with Gasteiger partial charge in [-0.25, -0.2) is 4.84 Å². The molecule has 0 aromatic heterocycles. The van der Waals surface area contributed by atoms with Crippen LogP contribution in [-0.2, 0) is 9.63 Å². The Kier molecular flexibility index (Phi) is 2.90. The van der Waals surface area contributed by atoms with Crippen LogP contribution in [0.25, 0.3) is 0 Å². The number of hydrazine groups is 1. The second kappa shape index (κ2) is 3.61. The molecule has 1 amide bonds. The van der Waals surface area contributed by atoms with Gasteiger partial charge in [0.05, 0.1) is 11.7 Å². The average Bonchev–Trinajstić information content (AvgIpc) is 1.93. The largest absolute Gasteiger partial charge is 0.390 e. The topological polar surface area (TPSA) is 53.0 Å². The summed E-state index contributed by atoms with van der Waals surface area (Å²) in [6.07, 6.45) is 0.267. The Morgan fingerprint density at radius 1 is 1.54 bits per heavy atom. The Bertz CT molecular complexity index is 184. The molecular formula is C8H16N2O3. The minimum absolute atomic E-state index is 0.342. The molecule has 0 saturated carbocycles. The van der Waals surface area contributed by atoms with Crippen LogP contribution >= 0.6 is 0 Å². The fourth-order valence-electron chi connectivity index (χ4n) is 1.02. The molecule has 5 heteroatoms. The number of carbonyl (C=O) groups excluding carboxylic acids is 1. The third kappa shape index (κ3) is 2.95. The molecule has 13 heavy (non-hydrogen) atoms. The van der Waals surface area contributed by atoms with Crippen LogP contribution in [0.3, 0.4) is 0 Å². The first kappa shape index (κ1) is 10.4. The third-order valence-electron chi connectivity index (χ3n) is 1.58. The normalized spacial score (nSPS) is 19.7. The van der Waals surface area contributed by atoms with Gasteiger partial charge in [0, 0.05) is 13.1 Å². The fraction of sp³-hybridized carbons (Fsp3) is 0.875. The number of hydrogen-bond acceptors (Lipinski definition) is 4. The molecule has 1 N–H and O–H groups in total. The van der Waals surface area contributed by atoms with E-state index in [0.29, 0.717) is 19.5 Å². The van der Waals surface area contributed by atoms with E-state index in [-0.39, 0.29) is 6.10 Å². The van der Waals surface area contributed by atoms with Crippen LogP contribution in [0.15, 0.2) is 0 Å². The third-order valence-corrected chi connectivity index (χ3v) is 1.58. The Balaban J connectivity index is 2.40. The number of carbonyl (C=O) groups is 1. The highest BCUT2D eigenvalue weighted by Gasteiger charge is 2.31. The van der Waals surface area contributed by atoms with E-state index in [0.717, 1.165) is 5.17 Å². The molecule has 0 aromatic carbocycles. The summed E-state index contributed by atoms with van der Waals surface area (Å²) >= 11 is 0. The van der Waals surface area contributed by atoms with Crippen LogP contribution in [-0.4, -0.2) is 46.5 Å². The van der Waals surface area contributed by atoms with E-state index in [1.54, 1.807) is 5.01 Å². The van der Waals surface area contributed by atoms with Gasteiger partial charge >= 0.3 is 0 Å². The van der Waals surface area contributed by atoms with Crippen molar-refractivity contribution in [3.8, 4) is 0 Å². The second-order valence-corrected chi connectivity index (χ2v) is 4.14. The van der Waals surface area contributed by atoms with Gasteiger partial charge in [0.2, 0.25) is 6.41 Å². The SMILES string of the molecule is CC(C)(C)ON(C=O)N1CC(O)C1. The minimum atomic E-state index is -0.401. The van der Waals surface area contributed by atoms with Gasteiger partial charge in [-0.1, -0.05) is 0 Å². The monoisotopic (exact) mass is 188 g/mol. The van der Waals surface area contributed by atoms with Crippen LogP contribution in [0.4, 0.5) is 0 Å². The number of aliphatic hydroxyl groups excluding tert-OH is 1. The average molecular weight is 188 g/mol. The highest BCUT2D eigenvalue weighted by Crippen LogP contribution is 2.15. The summed E-state index contributed by atoms with van der Waals surface area (Å²) in [7, 11) is 0. The smallest absolute Gasteiger partial charge is 0.249 e. The molecule has 0 spiro atoms. The van der Waals surface area contributed by atoms with Gasteiger partial charge in [0.25, 0.3) is 0 Å². The summed E-state index contributed by atoms with van der Waals surface area (Å²) in [6, 6.07) is 0. The van der Waals surface area contributed by atoms with Gasteiger partial charge < -0.3 is 5.11 Å².